The Balaban J connectivity index is 1.13. The molecule has 1 unspecified atom stereocenters. The smallest absolute Gasteiger partial charge is 0.224 e. The van der Waals surface area contributed by atoms with Gasteiger partial charge in [0.2, 0.25) is 5.91 Å². The number of para-hydroxylation sites is 1. The van der Waals surface area contributed by atoms with E-state index in [-0.39, 0.29) is 5.92 Å². The van der Waals surface area contributed by atoms with Crippen molar-refractivity contribution in [1.29, 1.82) is 0 Å². The molecule has 0 radical (unpaired) electrons. The van der Waals surface area contributed by atoms with Crippen LogP contribution in [0.25, 0.3) is 0 Å². The number of ether oxygens (including phenoxy) is 1. The Bertz CT molecular complexity index is 864. The predicted octanol–water partition coefficient (Wildman–Crippen LogP) is 3.02. The van der Waals surface area contributed by atoms with Crippen LogP contribution < -0.4 is 10.1 Å². The highest BCUT2D eigenvalue weighted by Gasteiger charge is 2.43. The molecule has 6 rings (SSSR count). The standard InChI is InChI=1S/C24H33N5O2/c30-24(25-19-7-3-1-4-8-19)23-16-28-12-11-18(23)13-21(28)15-29-14-20(26-27-29)17-31-22-9-5-2-6-10-22/h2,5-6,9-10,14,18-19,21,23H,1,3-4,7-8,11-13,15-17H2,(H,25,30)/t18-,21+,23-/m0/s1. The molecule has 1 aromatic heterocycles. The highest BCUT2D eigenvalue weighted by atomic mass is 16.5. The predicted molar refractivity (Wildman–Crippen MR) is 117 cm³/mol. The number of nitrogens with zero attached hydrogens (tertiary/aromatic N) is 4. The number of fused-ring (bicyclic) bond motifs is 3. The highest BCUT2D eigenvalue weighted by Crippen LogP contribution is 2.37. The van der Waals surface area contributed by atoms with Crippen molar-refractivity contribution in [3.05, 3.63) is 42.2 Å². The summed E-state index contributed by atoms with van der Waals surface area (Å²) in [7, 11) is 0. The fraction of sp³-hybridized carbons (Fsp3) is 0.625. The van der Waals surface area contributed by atoms with E-state index < -0.39 is 0 Å². The Hall–Kier alpha value is -2.41. The van der Waals surface area contributed by atoms with Gasteiger partial charge < -0.3 is 10.1 Å². The molecule has 7 nitrogen and oxygen atoms in total. The molecule has 1 aliphatic carbocycles. The summed E-state index contributed by atoms with van der Waals surface area (Å²) < 4.78 is 7.71. The number of amides is 1. The molecule has 2 bridgehead atoms. The first-order valence-electron chi connectivity index (χ1n) is 11.9. The lowest BCUT2D eigenvalue weighted by Crippen LogP contribution is -2.58. The lowest BCUT2D eigenvalue weighted by molar-refractivity contribution is -0.134. The summed E-state index contributed by atoms with van der Waals surface area (Å²) >= 11 is 0. The van der Waals surface area contributed by atoms with Crippen LogP contribution in [0.3, 0.4) is 0 Å². The molecule has 31 heavy (non-hydrogen) atoms. The zero-order chi connectivity index (χ0) is 21.0. The molecule has 4 heterocycles. The minimum atomic E-state index is 0.150. The lowest BCUT2D eigenvalue weighted by Gasteiger charge is -2.49. The summed E-state index contributed by atoms with van der Waals surface area (Å²) in [6.45, 7) is 3.21. The van der Waals surface area contributed by atoms with Gasteiger partial charge in [0.15, 0.2) is 0 Å². The van der Waals surface area contributed by atoms with Crippen LogP contribution in [0.5, 0.6) is 5.75 Å². The zero-order valence-corrected chi connectivity index (χ0v) is 18.2. The van der Waals surface area contributed by atoms with Crippen LogP contribution in [-0.4, -0.2) is 51.0 Å². The van der Waals surface area contributed by atoms with E-state index in [2.05, 4.69) is 20.5 Å². The molecule has 4 atom stereocenters. The largest absolute Gasteiger partial charge is 0.487 e. The highest BCUT2D eigenvalue weighted by molar-refractivity contribution is 5.79. The van der Waals surface area contributed by atoms with Crippen LogP contribution in [0, 0.1) is 11.8 Å². The van der Waals surface area contributed by atoms with Gasteiger partial charge in [0.1, 0.15) is 18.1 Å². The van der Waals surface area contributed by atoms with E-state index in [1.165, 1.54) is 19.3 Å². The summed E-state index contributed by atoms with van der Waals surface area (Å²) in [5.74, 6) is 1.77. The third kappa shape index (κ3) is 4.92. The first-order valence-corrected chi connectivity index (χ1v) is 11.9. The second kappa shape index (κ2) is 9.39. The van der Waals surface area contributed by atoms with E-state index in [4.69, 9.17) is 4.74 Å². The quantitative estimate of drug-likeness (QED) is 0.741. The number of piperidine rings is 3. The lowest BCUT2D eigenvalue weighted by atomic mass is 9.75. The molecule has 7 heteroatoms. The van der Waals surface area contributed by atoms with Crippen molar-refractivity contribution in [3.8, 4) is 5.75 Å². The minimum absolute atomic E-state index is 0.150. The number of carbonyl (C=O) groups excluding carboxylic acids is 1. The topological polar surface area (TPSA) is 72.3 Å². The van der Waals surface area contributed by atoms with E-state index in [0.29, 0.717) is 30.5 Å². The summed E-state index contributed by atoms with van der Waals surface area (Å²) in [4.78, 5) is 15.4. The summed E-state index contributed by atoms with van der Waals surface area (Å²) in [6, 6.07) is 10.6. The SMILES string of the molecule is O=C(NC1CCCCC1)[C@H]1CN2CC[C@H]1C[C@@H]2Cn1cc(COc2ccccc2)nn1. The monoisotopic (exact) mass is 423 g/mol. The Morgan fingerprint density at radius 1 is 1.13 bits per heavy atom. The Morgan fingerprint density at radius 2 is 1.97 bits per heavy atom. The van der Waals surface area contributed by atoms with Crippen molar-refractivity contribution >= 4 is 5.91 Å². The molecule has 166 valence electrons. The molecule has 3 saturated heterocycles. The number of nitrogens with one attached hydrogen (secondary N) is 1. The van der Waals surface area contributed by atoms with Gasteiger partial charge in [-0.25, -0.2) is 0 Å². The third-order valence-electron chi connectivity index (χ3n) is 7.28. The first kappa shape index (κ1) is 20.5. The first-order chi connectivity index (χ1) is 15.2. The van der Waals surface area contributed by atoms with Gasteiger partial charge in [-0.3, -0.25) is 14.4 Å². The van der Waals surface area contributed by atoms with Crippen molar-refractivity contribution in [3.63, 3.8) is 0 Å². The van der Waals surface area contributed by atoms with Crippen LogP contribution in [0.4, 0.5) is 0 Å². The average molecular weight is 424 g/mol. The average Bonchev–Trinajstić information content (AvgIpc) is 3.27. The van der Waals surface area contributed by atoms with E-state index in [1.54, 1.807) is 0 Å². The number of carbonyl (C=O) groups is 1. The molecule has 4 fully saturated rings. The van der Waals surface area contributed by atoms with Gasteiger partial charge in [0.05, 0.1) is 18.7 Å². The van der Waals surface area contributed by atoms with Crippen LogP contribution in [0.15, 0.2) is 36.5 Å². The van der Waals surface area contributed by atoms with Crippen molar-refractivity contribution in [2.75, 3.05) is 13.1 Å². The van der Waals surface area contributed by atoms with E-state index in [9.17, 15) is 4.79 Å². The minimum Gasteiger partial charge on any atom is -0.487 e. The van der Waals surface area contributed by atoms with Gasteiger partial charge in [-0.2, -0.15) is 0 Å². The van der Waals surface area contributed by atoms with Gasteiger partial charge in [-0.1, -0.05) is 42.7 Å². The van der Waals surface area contributed by atoms with Crippen molar-refractivity contribution < 1.29 is 9.53 Å². The van der Waals surface area contributed by atoms with Gasteiger partial charge in [-0.15, -0.1) is 5.10 Å². The van der Waals surface area contributed by atoms with Crippen molar-refractivity contribution in [1.82, 2.24) is 25.2 Å². The van der Waals surface area contributed by atoms with E-state index in [0.717, 1.165) is 56.8 Å². The normalized spacial score (nSPS) is 28.4. The number of rotatable bonds is 7. The molecular formula is C24H33N5O2. The second-order valence-corrected chi connectivity index (χ2v) is 9.42. The fourth-order valence-electron chi connectivity index (χ4n) is 5.56. The second-order valence-electron chi connectivity index (χ2n) is 9.42. The molecule has 1 amide bonds. The molecule has 0 spiro atoms. The maximum Gasteiger partial charge on any atom is 0.224 e. The Morgan fingerprint density at radius 3 is 2.74 bits per heavy atom. The molecule has 1 N–H and O–H groups in total. The molecule has 2 aromatic rings. The van der Waals surface area contributed by atoms with Crippen LogP contribution in [0.1, 0.15) is 50.6 Å². The Labute approximate surface area is 184 Å². The number of benzene rings is 1. The van der Waals surface area contributed by atoms with Crippen LogP contribution in [-0.2, 0) is 17.9 Å². The van der Waals surface area contributed by atoms with E-state index >= 15 is 0 Å². The number of hydrogen-bond acceptors (Lipinski definition) is 5. The number of hydrogen-bond donors (Lipinski definition) is 1. The molecular weight excluding hydrogens is 390 g/mol. The van der Waals surface area contributed by atoms with Gasteiger partial charge in [-0.05, 0) is 50.3 Å². The van der Waals surface area contributed by atoms with E-state index in [1.807, 2.05) is 41.2 Å². The maximum atomic E-state index is 12.9. The number of aromatic nitrogens is 3. The summed E-state index contributed by atoms with van der Waals surface area (Å²) in [6.07, 6.45) is 10.3. The molecule has 4 aliphatic rings. The fourth-order valence-corrected chi connectivity index (χ4v) is 5.56. The van der Waals surface area contributed by atoms with Gasteiger partial charge in [0.25, 0.3) is 0 Å². The van der Waals surface area contributed by atoms with Gasteiger partial charge in [0, 0.05) is 18.6 Å². The Kier molecular flexibility index (Phi) is 6.20. The third-order valence-corrected chi connectivity index (χ3v) is 7.28. The van der Waals surface area contributed by atoms with Crippen molar-refractivity contribution in [2.45, 2.75) is 70.2 Å². The summed E-state index contributed by atoms with van der Waals surface area (Å²) in [5, 5.41) is 12.0. The molecule has 3 aliphatic heterocycles. The zero-order valence-electron chi connectivity index (χ0n) is 18.2. The van der Waals surface area contributed by atoms with Crippen LogP contribution in [0.2, 0.25) is 0 Å². The molecule has 1 aromatic carbocycles. The molecule has 1 saturated carbocycles. The summed E-state index contributed by atoms with van der Waals surface area (Å²) in [5.41, 5.74) is 0.838. The van der Waals surface area contributed by atoms with Gasteiger partial charge >= 0.3 is 0 Å². The van der Waals surface area contributed by atoms with Crippen LogP contribution >= 0.6 is 0 Å². The van der Waals surface area contributed by atoms with Crippen molar-refractivity contribution in [2.24, 2.45) is 11.8 Å². The maximum absolute atomic E-state index is 12.9.